The lowest BCUT2D eigenvalue weighted by Crippen LogP contribution is -2.29. The van der Waals surface area contributed by atoms with Crippen molar-refractivity contribution in [2.24, 2.45) is 5.84 Å². The highest BCUT2D eigenvalue weighted by molar-refractivity contribution is 7.99. The maximum Gasteiger partial charge on any atom is 0.233 e. The van der Waals surface area contributed by atoms with Gasteiger partial charge in [-0.25, -0.2) is 5.84 Å². The minimum Gasteiger partial charge on any atom is -0.294 e. The van der Waals surface area contributed by atoms with Crippen LogP contribution in [0, 0.1) is 0 Å². The van der Waals surface area contributed by atoms with Crippen LogP contribution in [0.15, 0.2) is 0 Å². The smallest absolute Gasteiger partial charge is 0.233 e. The van der Waals surface area contributed by atoms with Crippen molar-refractivity contribution >= 4 is 17.7 Å². The molecule has 13 heavy (non-hydrogen) atoms. The van der Waals surface area contributed by atoms with Gasteiger partial charge in [-0.2, -0.15) is 11.8 Å². The number of nitrogens with two attached hydrogens (primary N) is 1. The lowest BCUT2D eigenvalue weighted by molar-refractivity contribution is -0.121. The predicted octanol–water partition coefficient (Wildman–Crippen LogP) is 1.68. The molecule has 0 aromatic carbocycles. The molecule has 0 rings (SSSR count). The molecule has 0 aromatic heterocycles. The molecule has 4 heteroatoms. The third-order valence-electron chi connectivity index (χ3n) is 1.94. The highest BCUT2D eigenvalue weighted by atomic mass is 32.2. The molecule has 0 aliphatic carbocycles. The number of carbonyl (C=O) groups excluding carboxylic acids is 1. The average molecular weight is 204 g/mol. The minimum absolute atomic E-state index is 0.0615. The number of hydrazine groups is 1. The Morgan fingerprint density at radius 2 is 2.23 bits per heavy atom. The lowest BCUT2D eigenvalue weighted by Gasteiger charge is -2.06. The van der Waals surface area contributed by atoms with E-state index >= 15 is 0 Å². The van der Waals surface area contributed by atoms with Gasteiger partial charge in [-0.05, 0) is 25.0 Å². The third-order valence-corrected chi connectivity index (χ3v) is 3.36. The maximum atomic E-state index is 10.7. The van der Waals surface area contributed by atoms with E-state index < -0.39 is 0 Å². The fourth-order valence-corrected chi connectivity index (χ4v) is 1.87. The van der Waals surface area contributed by atoms with Crippen LogP contribution < -0.4 is 11.3 Å². The first kappa shape index (κ1) is 12.8. The Labute approximate surface area is 84.8 Å². The average Bonchev–Trinajstić information content (AvgIpc) is 2.16. The molecule has 0 saturated heterocycles. The first-order valence-electron chi connectivity index (χ1n) is 4.81. The molecular formula is C9H20N2OS. The standard InChI is InChI=1S/C9H20N2OS/c1-3-8(2)13-7-5-4-6-9(12)11-10/h8H,3-7,10H2,1-2H3,(H,11,12). The van der Waals surface area contributed by atoms with Crippen LogP contribution in [0.2, 0.25) is 0 Å². The topological polar surface area (TPSA) is 55.1 Å². The molecule has 3 N–H and O–H groups in total. The largest absolute Gasteiger partial charge is 0.294 e. The summed E-state index contributed by atoms with van der Waals surface area (Å²) in [6.45, 7) is 4.43. The number of nitrogens with one attached hydrogen (secondary N) is 1. The van der Waals surface area contributed by atoms with Gasteiger partial charge in [-0.1, -0.05) is 13.8 Å². The molecule has 1 amide bonds. The summed E-state index contributed by atoms with van der Waals surface area (Å²) in [6.07, 6.45) is 3.81. The molecular weight excluding hydrogens is 184 g/mol. The second kappa shape index (κ2) is 8.38. The van der Waals surface area contributed by atoms with Gasteiger partial charge in [0.25, 0.3) is 0 Å². The molecule has 3 nitrogen and oxygen atoms in total. The van der Waals surface area contributed by atoms with Crippen LogP contribution in [0.5, 0.6) is 0 Å². The van der Waals surface area contributed by atoms with E-state index in [0.29, 0.717) is 6.42 Å². The van der Waals surface area contributed by atoms with Crippen molar-refractivity contribution in [2.75, 3.05) is 5.75 Å². The molecule has 0 spiro atoms. The van der Waals surface area contributed by atoms with E-state index in [9.17, 15) is 4.79 Å². The van der Waals surface area contributed by atoms with E-state index in [2.05, 4.69) is 19.3 Å². The van der Waals surface area contributed by atoms with E-state index in [1.807, 2.05) is 11.8 Å². The van der Waals surface area contributed by atoms with E-state index in [0.717, 1.165) is 23.8 Å². The normalized spacial score (nSPS) is 12.5. The Bertz CT molecular complexity index is 142. The number of hydrogen-bond donors (Lipinski definition) is 2. The van der Waals surface area contributed by atoms with Crippen LogP contribution in [0.4, 0.5) is 0 Å². The quantitative estimate of drug-likeness (QED) is 0.287. The number of unbranched alkanes of at least 4 members (excludes halogenated alkanes) is 1. The summed E-state index contributed by atoms with van der Waals surface area (Å²) < 4.78 is 0. The Morgan fingerprint density at radius 1 is 1.54 bits per heavy atom. The molecule has 0 radical (unpaired) electrons. The van der Waals surface area contributed by atoms with Crippen LogP contribution in [-0.4, -0.2) is 16.9 Å². The molecule has 1 atom stereocenters. The van der Waals surface area contributed by atoms with Gasteiger partial charge in [0, 0.05) is 11.7 Å². The SMILES string of the molecule is CCC(C)SCCCCC(=O)NN. The summed E-state index contributed by atoms with van der Waals surface area (Å²) in [5, 5.41) is 0.739. The molecule has 0 fully saturated rings. The molecule has 0 heterocycles. The van der Waals surface area contributed by atoms with Crippen LogP contribution in [0.25, 0.3) is 0 Å². The fourth-order valence-electron chi connectivity index (χ4n) is 0.862. The summed E-state index contributed by atoms with van der Waals surface area (Å²) in [7, 11) is 0. The Kier molecular flexibility index (Phi) is 8.24. The number of carbonyl (C=O) groups is 1. The molecule has 0 aliphatic heterocycles. The summed E-state index contributed by atoms with van der Waals surface area (Å²) in [4.78, 5) is 10.7. The highest BCUT2D eigenvalue weighted by Gasteiger charge is 2.00. The van der Waals surface area contributed by atoms with Gasteiger partial charge >= 0.3 is 0 Å². The Hall–Kier alpha value is -0.220. The highest BCUT2D eigenvalue weighted by Crippen LogP contribution is 2.15. The third kappa shape index (κ3) is 8.12. The van der Waals surface area contributed by atoms with Crippen LogP contribution >= 0.6 is 11.8 Å². The maximum absolute atomic E-state index is 10.7. The zero-order chi connectivity index (χ0) is 10.1. The second-order valence-corrected chi connectivity index (χ2v) is 4.66. The van der Waals surface area contributed by atoms with Crippen molar-refractivity contribution in [2.45, 2.75) is 44.8 Å². The van der Waals surface area contributed by atoms with Gasteiger partial charge in [0.15, 0.2) is 0 Å². The van der Waals surface area contributed by atoms with Crippen molar-refractivity contribution in [3.8, 4) is 0 Å². The van der Waals surface area contributed by atoms with Crippen molar-refractivity contribution in [1.29, 1.82) is 0 Å². The number of amides is 1. The minimum atomic E-state index is -0.0615. The summed E-state index contributed by atoms with van der Waals surface area (Å²) >= 11 is 1.97. The number of thioether (sulfide) groups is 1. The lowest BCUT2D eigenvalue weighted by atomic mass is 10.2. The van der Waals surface area contributed by atoms with Crippen molar-refractivity contribution in [3.05, 3.63) is 0 Å². The molecule has 0 saturated carbocycles. The fraction of sp³-hybridized carbons (Fsp3) is 0.889. The zero-order valence-corrected chi connectivity index (χ0v) is 9.32. The summed E-state index contributed by atoms with van der Waals surface area (Å²) in [5.74, 6) is 6.04. The van der Waals surface area contributed by atoms with Crippen molar-refractivity contribution in [1.82, 2.24) is 5.43 Å². The number of rotatable bonds is 7. The van der Waals surface area contributed by atoms with Crippen LogP contribution in [0.1, 0.15) is 39.5 Å². The molecule has 78 valence electrons. The number of hydrogen-bond acceptors (Lipinski definition) is 3. The van der Waals surface area contributed by atoms with E-state index in [1.165, 1.54) is 6.42 Å². The Balaban J connectivity index is 3.12. The molecule has 0 aliphatic rings. The predicted molar refractivity (Wildman–Crippen MR) is 58.4 cm³/mol. The van der Waals surface area contributed by atoms with Crippen molar-refractivity contribution < 1.29 is 4.79 Å². The zero-order valence-electron chi connectivity index (χ0n) is 8.51. The van der Waals surface area contributed by atoms with Crippen molar-refractivity contribution in [3.63, 3.8) is 0 Å². The first-order chi connectivity index (χ1) is 6.20. The molecule has 0 bridgehead atoms. The summed E-state index contributed by atoms with van der Waals surface area (Å²) in [5.41, 5.74) is 2.13. The van der Waals surface area contributed by atoms with Gasteiger partial charge < -0.3 is 0 Å². The molecule has 1 unspecified atom stereocenters. The van der Waals surface area contributed by atoms with Crippen LogP contribution in [-0.2, 0) is 4.79 Å². The monoisotopic (exact) mass is 204 g/mol. The summed E-state index contributed by atoms with van der Waals surface area (Å²) in [6, 6.07) is 0. The van der Waals surface area contributed by atoms with E-state index in [1.54, 1.807) is 0 Å². The van der Waals surface area contributed by atoms with Gasteiger partial charge in [0.1, 0.15) is 0 Å². The van der Waals surface area contributed by atoms with E-state index in [4.69, 9.17) is 5.84 Å². The van der Waals surface area contributed by atoms with E-state index in [-0.39, 0.29) is 5.91 Å². The van der Waals surface area contributed by atoms with Gasteiger partial charge in [0.2, 0.25) is 5.91 Å². The van der Waals surface area contributed by atoms with Gasteiger partial charge in [0.05, 0.1) is 0 Å². The van der Waals surface area contributed by atoms with Gasteiger partial charge in [-0.15, -0.1) is 0 Å². The molecule has 0 aromatic rings. The first-order valence-corrected chi connectivity index (χ1v) is 5.86. The van der Waals surface area contributed by atoms with Crippen LogP contribution in [0.3, 0.4) is 0 Å². The Morgan fingerprint density at radius 3 is 2.77 bits per heavy atom. The second-order valence-electron chi connectivity index (χ2n) is 3.11. The van der Waals surface area contributed by atoms with Gasteiger partial charge in [-0.3, -0.25) is 10.2 Å².